The van der Waals surface area contributed by atoms with Crippen molar-refractivity contribution < 1.29 is 9.59 Å². The Morgan fingerprint density at radius 1 is 0.812 bits per heavy atom. The van der Waals surface area contributed by atoms with Crippen LogP contribution in [0.5, 0.6) is 0 Å². The van der Waals surface area contributed by atoms with Crippen LogP contribution in [0.2, 0.25) is 0 Å². The van der Waals surface area contributed by atoms with E-state index in [1.165, 1.54) is 15.8 Å². The Kier molecular flexibility index (Phi) is 6.82. The molecular formula is C26H32N4O2. The summed E-state index contributed by atoms with van der Waals surface area (Å²) in [6.45, 7) is 12.0. The van der Waals surface area contributed by atoms with Gasteiger partial charge in [-0.25, -0.2) is 0 Å². The van der Waals surface area contributed by atoms with Gasteiger partial charge < -0.3 is 10.6 Å². The molecule has 0 aliphatic carbocycles. The summed E-state index contributed by atoms with van der Waals surface area (Å²) < 4.78 is 1.49. The molecule has 168 valence electrons. The molecule has 6 nitrogen and oxygen atoms in total. The van der Waals surface area contributed by atoms with Crippen LogP contribution in [0.15, 0.2) is 42.6 Å². The van der Waals surface area contributed by atoms with Crippen LogP contribution in [-0.2, 0) is 7.05 Å². The fourth-order valence-corrected chi connectivity index (χ4v) is 4.14. The highest BCUT2D eigenvalue weighted by molar-refractivity contribution is 6.06. The number of hydrogen-bond donors (Lipinski definition) is 2. The van der Waals surface area contributed by atoms with E-state index in [-0.39, 0.29) is 35.2 Å². The smallest absolute Gasteiger partial charge is 0.273 e. The molecule has 2 amide bonds. The van der Waals surface area contributed by atoms with Crippen LogP contribution >= 0.6 is 0 Å². The van der Waals surface area contributed by atoms with Crippen molar-refractivity contribution in [3.63, 3.8) is 0 Å². The van der Waals surface area contributed by atoms with Crippen LogP contribution in [0.4, 0.5) is 0 Å². The van der Waals surface area contributed by atoms with Crippen molar-refractivity contribution in [2.24, 2.45) is 7.05 Å². The van der Waals surface area contributed by atoms with E-state index in [2.05, 4.69) is 27.9 Å². The van der Waals surface area contributed by atoms with Crippen molar-refractivity contribution in [2.45, 2.75) is 53.6 Å². The Morgan fingerprint density at radius 3 is 1.75 bits per heavy atom. The summed E-state index contributed by atoms with van der Waals surface area (Å²) in [5.41, 5.74) is 7.03. The van der Waals surface area contributed by atoms with Gasteiger partial charge in [0.15, 0.2) is 5.69 Å². The van der Waals surface area contributed by atoms with Gasteiger partial charge in [-0.15, -0.1) is 0 Å². The highest BCUT2D eigenvalue weighted by atomic mass is 16.2. The number of carbonyl (C=O) groups excluding carboxylic acids is 2. The predicted octanol–water partition coefficient (Wildman–Crippen LogP) is 4.64. The maximum atomic E-state index is 13.0. The summed E-state index contributed by atoms with van der Waals surface area (Å²) in [7, 11) is 1.70. The Morgan fingerprint density at radius 2 is 1.28 bits per heavy atom. The summed E-state index contributed by atoms with van der Waals surface area (Å²) >= 11 is 0. The third-order valence-electron chi connectivity index (χ3n) is 5.77. The van der Waals surface area contributed by atoms with Crippen LogP contribution in [0.3, 0.4) is 0 Å². The van der Waals surface area contributed by atoms with Gasteiger partial charge in [-0.05, 0) is 63.8 Å². The van der Waals surface area contributed by atoms with Gasteiger partial charge in [-0.1, -0.05) is 47.5 Å². The highest BCUT2D eigenvalue weighted by Gasteiger charge is 2.24. The molecule has 0 fully saturated rings. The van der Waals surface area contributed by atoms with Crippen LogP contribution in [0.25, 0.3) is 0 Å². The molecule has 2 aromatic carbocycles. The number of hydrogen-bond acceptors (Lipinski definition) is 3. The number of benzene rings is 2. The number of amides is 2. The summed E-state index contributed by atoms with van der Waals surface area (Å²) in [6.07, 6.45) is 1.58. The number of carbonyl (C=O) groups is 2. The highest BCUT2D eigenvalue weighted by Crippen LogP contribution is 2.21. The molecule has 0 spiro atoms. The number of rotatable bonds is 6. The van der Waals surface area contributed by atoms with Crippen LogP contribution in [0, 0.1) is 27.7 Å². The van der Waals surface area contributed by atoms with Gasteiger partial charge in [0.1, 0.15) is 0 Å². The van der Waals surface area contributed by atoms with E-state index in [4.69, 9.17) is 0 Å². The second kappa shape index (κ2) is 9.39. The number of nitrogens with one attached hydrogen (secondary N) is 2. The van der Waals surface area contributed by atoms with Crippen molar-refractivity contribution in [2.75, 3.05) is 0 Å². The van der Waals surface area contributed by atoms with E-state index in [0.29, 0.717) is 0 Å². The van der Waals surface area contributed by atoms with E-state index >= 15 is 0 Å². The standard InChI is InChI=1S/C26H32N4O2/c1-15-8-10-21(17(3)12-15)19(5)27-25(31)23-14-30(7)29-24(23)26(32)28-20(6)22-11-9-16(2)13-18(22)4/h8-14,19-20H,1-7H3,(H,27,31)(H,28,32)/t19-,20+/m0/s1. The Hall–Kier alpha value is -3.41. The lowest BCUT2D eigenvalue weighted by atomic mass is 9.99. The molecule has 1 heterocycles. The normalized spacial score (nSPS) is 12.8. The van der Waals surface area contributed by atoms with Gasteiger partial charge in [0.2, 0.25) is 0 Å². The quantitative estimate of drug-likeness (QED) is 0.596. The zero-order valence-electron chi connectivity index (χ0n) is 19.9. The molecule has 3 rings (SSSR count). The lowest BCUT2D eigenvalue weighted by molar-refractivity contribution is 0.0902. The maximum Gasteiger partial charge on any atom is 0.273 e. The molecule has 2 atom stereocenters. The van der Waals surface area contributed by atoms with Crippen LogP contribution in [-0.4, -0.2) is 21.6 Å². The summed E-state index contributed by atoms with van der Waals surface area (Å²) in [6, 6.07) is 11.9. The molecule has 1 aromatic heterocycles. The van der Waals surface area contributed by atoms with Crippen molar-refractivity contribution in [3.8, 4) is 0 Å². The molecule has 0 saturated heterocycles. The van der Waals surface area contributed by atoms with Gasteiger partial charge in [-0.2, -0.15) is 5.10 Å². The Bertz CT molecular complexity index is 1070. The number of nitrogens with zero attached hydrogens (tertiary/aromatic N) is 2. The molecule has 32 heavy (non-hydrogen) atoms. The van der Waals surface area contributed by atoms with Gasteiger partial charge in [0, 0.05) is 13.2 Å². The molecule has 0 radical (unpaired) electrons. The van der Waals surface area contributed by atoms with Gasteiger partial charge >= 0.3 is 0 Å². The van der Waals surface area contributed by atoms with Gasteiger partial charge in [0.25, 0.3) is 11.8 Å². The number of aromatic nitrogens is 2. The second-order valence-electron chi connectivity index (χ2n) is 8.68. The first-order valence-corrected chi connectivity index (χ1v) is 10.9. The third kappa shape index (κ3) is 5.07. The van der Waals surface area contributed by atoms with E-state index in [1.807, 2.05) is 65.8 Å². The molecule has 0 bridgehead atoms. The SMILES string of the molecule is Cc1ccc([C@H](C)NC(=O)c2cn(C)nc2C(=O)N[C@H](C)c2ccc(C)cc2C)c(C)c1. The minimum absolute atomic E-state index is 0.120. The Balaban J connectivity index is 1.78. The molecule has 0 aliphatic rings. The zero-order valence-corrected chi connectivity index (χ0v) is 19.9. The number of aryl methyl sites for hydroxylation is 5. The predicted molar refractivity (Wildman–Crippen MR) is 127 cm³/mol. The molecule has 0 aliphatic heterocycles. The third-order valence-corrected chi connectivity index (χ3v) is 5.77. The fourth-order valence-electron chi connectivity index (χ4n) is 4.14. The van der Waals surface area contributed by atoms with E-state index < -0.39 is 0 Å². The minimum atomic E-state index is -0.373. The largest absolute Gasteiger partial charge is 0.345 e. The minimum Gasteiger partial charge on any atom is -0.345 e. The lowest BCUT2D eigenvalue weighted by Crippen LogP contribution is -2.32. The zero-order chi connectivity index (χ0) is 23.6. The summed E-state index contributed by atoms with van der Waals surface area (Å²) in [4.78, 5) is 26.1. The van der Waals surface area contributed by atoms with E-state index in [9.17, 15) is 9.59 Å². The molecular weight excluding hydrogens is 400 g/mol. The summed E-state index contributed by atoms with van der Waals surface area (Å²) in [5.74, 6) is -0.697. The lowest BCUT2D eigenvalue weighted by Gasteiger charge is -2.18. The van der Waals surface area contributed by atoms with E-state index in [0.717, 1.165) is 22.3 Å². The van der Waals surface area contributed by atoms with Crippen molar-refractivity contribution >= 4 is 11.8 Å². The van der Waals surface area contributed by atoms with Gasteiger partial charge in [0.05, 0.1) is 17.6 Å². The second-order valence-corrected chi connectivity index (χ2v) is 8.68. The monoisotopic (exact) mass is 432 g/mol. The fraction of sp³-hybridized carbons (Fsp3) is 0.346. The Labute approximate surface area is 190 Å². The molecule has 6 heteroatoms. The van der Waals surface area contributed by atoms with Crippen molar-refractivity contribution in [1.82, 2.24) is 20.4 Å². The first-order valence-electron chi connectivity index (χ1n) is 10.9. The average Bonchev–Trinajstić information content (AvgIpc) is 3.09. The molecule has 0 saturated carbocycles. The average molecular weight is 433 g/mol. The van der Waals surface area contributed by atoms with Crippen molar-refractivity contribution in [1.29, 1.82) is 0 Å². The molecule has 0 unspecified atom stereocenters. The molecule has 3 aromatic rings. The van der Waals surface area contributed by atoms with E-state index in [1.54, 1.807) is 13.2 Å². The maximum absolute atomic E-state index is 13.0. The van der Waals surface area contributed by atoms with Gasteiger partial charge in [-0.3, -0.25) is 14.3 Å². The van der Waals surface area contributed by atoms with Crippen LogP contribution < -0.4 is 10.6 Å². The topological polar surface area (TPSA) is 76.0 Å². The van der Waals surface area contributed by atoms with Crippen LogP contribution in [0.1, 0.15) is 80.2 Å². The first-order chi connectivity index (χ1) is 15.1. The van der Waals surface area contributed by atoms with Crippen molar-refractivity contribution in [3.05, 3.63) is 87.2 Å². The first kappa shape index (κ1) is 23.3. The molecule has 2 N–H and O–H groups in total. The summed E-state index contributed by atoms with van der Waals surface area (Å²) in [5, 5.41) is 10.3.